The number of para-hydroxylation sites is 2. The van der Waals surface area contributed by atoms with Crippen molar-refractivity contribution in [3.63, 3.8) is 0 Å². The third-order valence-electron chi connectivity index (χ3n) is 4.84. The molecule has 0 heterocycles. The molecule has 0 aliphatic rings. The fourth-order valence-electron chi connectivity index (χ4n) is 3.15. The Morgan fingerprint density at radius 3 is 2.04 bits per heavy atom. The third-order valence-corrected chi connectivity index (χ3v) is 4.84. The number of phenolic OH excluding ortho intramolecular Hbond substituents is 1. The van der Waals surface area contributed by atoms with Crippen molar-refractivity contribution in [3.8, 4) is 5.75 Å². The Labute approximate surface area is 166 Å². The first-order valence-electron chi connectivity index (χ1n) is 11.0. The number of phenols is 1. The molecule has 1 aromatic carbocycles. The molecule has 2 N–H and O–H groups in total. The molecular formula is C24H39NO2. The molecule has 0 saturated carbocycles. The van der Waals surface area contributed by atoms with Crippen LogP contribution < -0.4 is 5.32 Å². The average molecular weight is 374 g/mol. The number of anilines is 1. The number of aromatic hydroxyl groups is 1. The molecule has 0 aliphatic carbocycles. The molecule has 152 valence electrons. The van der Waals surface area contributed by atoms with Gasteiger partial charge < -0.3 is 10.4 Å². The molecule has 0 radical (unpaired) electrons. The van der Waals surface area contributed by atoms with Crippen LogP contribution in [0.3, 0.4) is 0 Å². The number of benzene rings is 1. The van der Waals surface area contributed by atoms with Crippen molar-refractivity contribution < 1.29 is 9.90 Å². The minimum Gasteiger partial charge on any atom is -0.506 e. The Balaban J connectivity index is 1.88. The molecule has 0 saturated heterocycles. The first-order chi connectivity index (χ1) is 13.2. The van der Waals surface area contributed by atoms with Crippen LogP contribution in [0.5, 0.6) is 5.75 Å². The molecule has 1 amide bonds. The van der Waals surface area contributed by atoms with Crippen molar-refractivity contribution in [1.82, 2.24) is 0 Å². The zero-order valence-electron chi connectivity index (χ0n) is 17.2. The summed E-state index contributed by atoms with van der Waals surface area (Å²) < 4.78 is 0. The maximum atomic E-state index is 11.9. The minimum atomic E-state index is -0.0193. The van der Waals surface area contributed by atoms with Crippen molar-refractivity contribution in [2.75, 3.05) is 5.32 Å². The van der Waals surface area contributed by atoms with E-state index in [9.17, 15) is 9.90 Å². The van der Waals surface area contributed by atoms with Crippen molar-refractivity contribution in [2.24, 2.45) is 0 Å². The van der Waals surface area contributed by atoms with Gasteiger partial charge in [0.1, 0.15) is 5.75 Å². The molecule has 0 fully saturated rings. The lowest BCUT2D eigenvalue weighted by Crippen LogP contribution is -2.11. The van der Waals surface area contributed by atoms with E-state index in [1.807, 2.05) is 0 Å². The smallest absolute Gasteiger partial charge is 0.224 e. The second-order valence-electron chi connectivity index (χ2n) is 7.40. The summed E-state index contributed by atoms with van der Waals surface area (Å²) in [6, 6.07) is 6.84. The standard InChI is InChI=1S/C24H39NO2/c1-2-3-4-5-6-7-8-9-10-11-12-13-14-15-16-21-24(27)25-22-19-17-18-20-23(22)26/h9-10,17-20,26H,2-8,11-16,21H2,1H3,(H,25,27)/b10-9-. The number of carbonyl (C=O) groups excluding carboxylic acids is 1. The van der Waals surface area contributed by atoms with E-state index in [0.29, 0.717) is 12.1 Å². The van der Waals surface area contributed by atoms with Crippen molar-refractivity contribution >= 4 is 11.6 Å². The van der Waals surface area contributed by atoms with Crippen molar-refractivity contribution in [2.45, 2.75) is 96.8 Å². The van der Waals surface area contributed by atoms with Gasteiger partial charge >= 0.3 is 0 Å². The van der Waals surface area contributed by atoms with E-state index in [-0.39, 0.29) is 11.7 Å². The van der Waals surface area contributed by atoms with Gasteiger partial charge in [-0.1, -0.05) is 82.6 Å². The molecule has 0 bridgehead atoms. The van der Waals surface area contributed by atoms with Crippen molar-refractivity contribution in [3.05, 3.63) is 36.4 Å². The number of hydrogen-bond acceptors (Lipinski definition) is 2. The molecule has 0 spiro atoms. The van der Waals surface area contributed by atoms with Gasteiger partial charge in [-0.25, -0.2) is 0 Å². The van der Waals surface area contributed by atoms with Crippen LogP contribution in [-0.4, -0.2) is 11.0 Å². The SMILES string of the molecule is CCCCCCCC/C=C\CCCCCCCC(=O)Nc1ccccc1O. The fourth-order valence-corrected chi connectivity index (χ4v) is 3.15. The van der Waals surface area contributed by atoms with Gasteiger partial charge in [0, 0.05) is 6.42 Å². The summed E-state index contributed by atoms with van der Waals surface area (Å²) in [5, 5.41) is 12.4. The van der Waals surface area contributed by atoms with Crippen LogP contribution in [0.25, 0.3) is 0 Å². The fraction of sp³-hybridized carbons (Fsp3) is 0.625. The quantitative estimate of drug-likeness (QED) is 0.180. The van der Waals surface area contributed by atoms with E-state index in [4.69, 9.17) is 0 Å². The first-order valence-corrected chi connectivity index (χ1v) is 11.0. The summed E-state index contributed by atoms with van der Waals surface area (Å²) in [6.07, 6.45) is 21.5. The van der Waals surface area contributed by atoms with Crippen LogP contribution in [0.1, 0.15) is 96.8 Å². The Kier molecular flexibility index (Phi) is 14.1. The molecule has 1 rings (SSSR count). The summed E-state index contributed by atoms with van der Waals surface area (Å²) in [5.74, 6) is 0.101. The number of carbonyl (C=O) groups is 1. The van der Waals surface area contributed by atoms with Gasteiger partial charge in [-0.15, -0.1) is 0 Å². The number of rotatable bonds is 16. The van der Waals surface area contributed by atoms with Crippen LogP contribution >= 0.6 is 0 Å². The summed E-state index contributed by atoms with van der Waals surface area (Å²) >= 11 is 0. The molecule has 1 aromatic rings. The predicted octanol–water partition coefficient (Wildman–Crippen LogP) is 7.37. The molecule has 0 aliphatic heterocycles. The zero-order chi connectivity index (χ0) is 19.6. The normalized spacial score (nSPS) is 11.1. The lowest BCUT2D eigenvalue weighted by molar-refractivity contribution is -0.116. The highest BCUT2D eigenvalue weighted by Gasteiger charge is 2.05. The summed E-state index contributed by atoms with van der Waals surface area (Å²) in [7, 11) is 0. The molecule has 3 heteroatoms. The monoisotopic (exact) mass is 373 g/mol. The third kappa shape index (κ3) is 13.1. The van der Waals surface area contributed by atoms with Gasteiger partial charge in [0.15, 0.2) is 0 Å². The summed E-state index contributed by atoms with van der Waals surface area (Å²) in [6.45, 7) is 2.26. The summed E-state index contributed by atoms with van der Waals surface area (Å²) in [5.41, 5.74) is 0.496. The van der Waals surface area contributed by atoms with E-state index < -0.39 is 0 Å². The Morgan fingerprint density at radius 2 is 1.41 bits per heavy atom. The average Bonchev–Trinajstić information content (AvgIpc) is 2.66. The highest BCUT2D eigenvalue weighted by Crippen LogP contribution is 2.21. The topological polar surface area (TPSA) is 49.3 Å². The number of hydrogen-bond donors (Lipinski definition) is 2. The molecule has 0 aromatic heterocycles. The lowest BCUT2D eigenvalue weighted by atomic mass is 10.1. The second-order valence-corrected chi connectivity index (χ2v) is 7.40. The van der Waals surface area contributed by atoms with Gasteiger partial charge in [-0.05, 0) is 44.2 Å². The van der Waals surface area contributed by atoms with E-state index in [1.165, 1.54) is 70.6 Å². The Hall–Kier alpha value is -1.77. The molecule has 0 unspecified atom stereocenters. The molecule has 3 nitrogen and oxygen atoms in total. The number of nitrogens with one attached hydrogen (secondary N) is 1. The minimum absolute atomic E-state index is 0.0193. The molecule has 0 atom stereocenters. The maximum Gasteiger partial charge on any atom is 0.224 e. The second kappa shape index (κ2) is 16.4. The first kappa shape index (κ1) is 23.3. The molecule has 27 heavy (non-hydrogen) atoms. The van der Waals surface area contributed by atoms with E-state index in [1.54, 1.807) is 24.3 Å². The van der Waals surface area contributed by atoms with Gasteiger partial charge in [0.25, 0.3) is 0 Å². The van der Waals surface area contributed by atoms with Gasteiger partial charge in [-0.2, -0.15) is 0 Å². The van der Waals surface area contributed by atoms with Crippen molar-refractivity contribution in [1.29, 1.82) is 0 Å². The van der Waals surface area contributed by atoms with Crippen LogP contribution in [0.2, 0.25) is 0 Å². The zero-order valence-corrected chi connectivity index (χ0v) is 17.2. The van der Waals surface area contributed by atoms with Gasteiger partial charge in [0.2, 0.25) is 5.91 Å². The Morgan fingerprint density at radius 1 is 0.852 bits per heavy atom. The van der Waals surface area contributed by atoms with Gasteiger partial charge in [-0.3, -0.25) is 4.79 Å². The van der Waals surface area contributed by atoms with Crippen LogP contribution in [0.15, 0.2) is 36.4 Å². The largest absolute Gasteiger partial charge is 0.506 e. The predicted molar refractivity (Wildman–Crippen MR) is 116 cm³/mol. The number of amides is 1. The highest BCUT2D eigenvalue weighted by atomic mass is 16.3. The van der Waals surface area contributed by atoms with E-state index in [2.05, 4.69) is 24.4 Å². The van der Waals surface area contributed by atoms with Gasteiger partial charge in [0.05, 0.1) is 5.69 Å². The lowest BCUT2D eigenvalue weighted by Gasteiger charge is -2.06. The van der Waals surface area contributed by atoms with E-state index in [0.717, 1.165) is 12.8 Å². The van der Waals surface area contributed by atoms with E-state index >= 15 is 0 Å². The summed E-state index contributed by atoms with van der Waals surface area (Å²) in [4.78, 5) is 11.9. The highest BCUT2D eigenvalue weighted by molar-refractivity contribution is 5.92. The van der Waals surface area contributed by atoms with Crippen LogP contribution in [0.4, 0.5) is 5.69 Å². The maximum absolute atomic E-state index is 11.9. The Bertz CT molecular complexity index is 525. The number of unbranched alkanes of at least 4 members (excludes halogenated alkanes) is 11. The van der Waals surface area contributed by atoms with Crippen LogP contribution in [0, 0.1) is 0 Å². The molecular weight excluding hydrogens is 334 g/mol. The van der Waals surface area contributed by atoms with Crippen LogP contribution in [-0.2, 0) is 4.79 Å². The number of allylic oxidation sites excluding steroid dienone is 2.